The lowest BCUT2D eigenvalue weighted by Crippen LogP contribution is -2.11. The van der Waals surface area contributed by atoms with Crippen molar-refractivity contribution in [3.63, 3.8) is 0 Å². The first-order chi connectivity index (χ1) is 10.6. The fraction of sp³-hybridized carbons (Fsp3) is 1.00. The van der Waals surface area contributed by atoms with Gasteiger partial charge in [0.15, 0.2) is 0 Å². The Hall–Kier alpha value is -0.0900. The normalized spacial score (nSPS) is 11.9. The zero-order valence-electron chi connectivity index (χ0n) is 14.9. The highest BCUT2D eigenvalue weighted by Crippen LogP contribution is 2.11. The quantitative estimate of drug-likeness (QED) is 0.248. The molecule has 0 aromatic heterocycles. The van der Waals surface area contributed by atoms with Crippen molar-refractivity contribution in [2.45, 2.75) is 104 Å². The maximum Gasteiger partial charge on any atom is 0.267 e. The van der Waals surface area contributed by atoms with E-state index in [2.05, 4.69) is 13.8 Å². The molecule has 0 fully saturated rings. The molecule has 4 heteroatoms. The molecular formula is C18H38O3S. The van der Waals surface area contributed by atoms with Crippen molar-refractivity contribution in [2.24, 2.45) is 0 Å². The number of hydrogen-bond donors (Lipinski definition) is 0. The van der Waals surface area contributed by atoms with E-state index in [0.29, 0.717) is 6.61 Å². The molecule has 22 heavy (non-hydrogen) atoms. The fourth-order valence-electron chi connectivity index (χ4n) is 2.54. The highest BCUT2D eigenvalue weighted by molar-refractivity contribution is 7.86. The molecule has 0 unspecified atom stereocenters. The van der Waals surface area contributed by atoms with Crippen LogP contribution in [0.5, 0.6) is 0 Å². The van der Waals surface area contributed by atoms with Gasteiger partial charge in [-0.05, 0) is 12.8 Å². The average Bonchev–Trinajstić information content (AvgIpc) is 2.49. The summed E-state index contributed by atoms with van der Waals surface area (Å²) in [5, 5.41) is 0. The Morgan fingerprint density at radius 3 is 1.50 bits per heavy atom. The first-order valence-electron chi connectivity index (χ1n) is 9.49. The molecule has 0 heterocycles. The van der Waals surface area contributed by atoms with Crippen LogP contribution in [0.4, 0.5) is 0 Å². The number of hydrogen-bond acceptors (Lipinski definition) is 3. The van der Waals surface area contributed by atoms with Gasteiger partial charge in [0, 0.05) is 0 Å². The summed E-state index contributed by atoms with van der Waals surface area (Å²) in [6.07, 6.45) is 16.3. The van der Waals surface area contributed by atoms with Crippen LogP contribution in [0.25, 0.3) is 0 Å². The molecule has 0 bridgehead atoms. The summed E-state index contributed by atoms with van der Waals surface area (Å²) in [6, 6.07) is 0. The summed E-state index contributed by atoms with van der Waals surface area (Å²) in [7, 11) is -3.28. The van der Waals surface area contributed by atoms with Crippen LogP contribution in [0.2, 0.25) is 0 Å². The Morgan fingerprint density at radius 1 is 0.591 bits per heavy atom. The van der Waals surface area contributed by atoms with Crippen LogP contribution < -0.4 is 0 Å². The molecule has 134 valence electrons. The van der Waals surface area contributed by atoms with E-state index in [1.807, 2.05) is 0 Å². The maximum atomic E-state index is 11.7. The highest BCUT2D eigenvalue weighted by Gasteiger charge is 2.10. The van der Waals surface area contributed by atoms with Gasteiger partial charge in [-0.25, -0.2) is 0 Å². The molecule has 3 nitrogen and oxygen atoms in total. The number of unbranched alkanes of at least 4 members (excludes halogenated alkanes) is 12. The van der Waals surface area contributed by atoms with E-state index < -0.39 is 10.1 Å². The minimum absolute atomic E-state index is 0.192. The van der Waals surface area contributed by atoms with Gasteiger partial charge in [-0.2, -0.15) is 8.42 Å². The largest absolute Gasteiger partial charge is 0.270 e. The van der Waals surface area contributed by atoms with Crippen molar-refractivity contribution in [1.82, 2.24) is 0 Å². The SMILES string of the molecule is CCCCCCCCCCCS(=O)(=O)OCCCCCCC. The van der Waals surface area contributed by atoms with Gasteiger partial charge in [0.2, 0.25) is 0 Å². The van der Waals surface area contributed by atoms with Gasteiger partial charge >= 0.3 is 0 Å². The molecule has 0 aromatic carbocycles. The van der Waals surface area contributed by atoms with Crippen LogP contribution in [0.3, 0.4) is 0 Å². The third-order valence-corrected chi connectivity index (χ3v) is 5.32. The Bertz CT molecular complexity index is 312. The standard InChI is InChI=1S/C18H38O3S/c1-3-5-7-9-10-11-12-14-16-18-22(19,20)21-17-15-13-8-6-4-2/h3-18H2,1-2H3. The summed E-state index contributed by atoms with van der Waals surface area (Å²) in [5.74, 6) is 0.192. The third kappa shape index (κ3) is 16.3. The third-order valence-electron chi connectivity index (χ3n) is 4.01. The van der Waals surface area contributed by atoms with Gasteiger partial charge in [0.1, 0.15) is 0 Å². The molecule has 0 amide bonds. The van der Waals surface area contributed by atoms with Crippen LogP contribution in [0.15, 0.2) is 0 Å². The second-order valence-corrected chi connectivity index (χ2v) is 8.09. The van der Waals surface area contributed by atoms with E-state index in [1.54, 1.807) is 0 Å². The molecule has 0 radical (unpaired) electrons. The van der Waals surface area contributed by atoms with Crippen molar-refractivity contribution in [3.8, 4) is 0 Å². The Kier molecular flexibility index (Phi) is 15.7. The second-order valence-electron chi connectivity index (χ2n) is 6.33. The molecule has 0 aliphatic rings. The zero-order valence-corrected chi connectivity index (χ0v) is 15.8. The molecule has 0 saturated heterocycles. The Labute approximate surface area is 139 Å². The smallest absolute Gasteiger partial charge is 0.267 e. The minimum Gasteiger partial charge on any atom is -0.270 e. The predicted molar refractivity (Wildman–Crippen MR) is 95.7 cm³/mol. The molecule has 0 saturated carbocycles. The lowest BCUT2D eigenvalue weighted by molar-refractivity contribution is 0.305. The summed E-state index contributed by atoms with van der Waals surface area (Å²) in [5.41, 5.74) is 0. The molecule has 0 atom stereocenters. The Balaban J connectivity index is 3.37. The van der Waals surface area contributed by atoms with Crippen LogP contribution in [-0.2, 0) is 14.3 Å². The fourth-order valence-corrected chi connectivity index (χ4v) is 3.59. The zero-order chi connectivity index (χ0) is 16.5. The molecule has 0 aliphatic carbocycles. The van der Waals surface area contributed by atoms with Gasteiger partial charge < -0.3 is 0 Å². The van der Waals surface area contributed by atoms with Crippen LogP contribution in [0.1, 0.15) is 104 Å². The molecule has 0 aromatic rings. The predicted octanol–water partition coefficient (Wildman–Crippen LogP) is 5.83. The number of rotatable bonds is 17. The minimum atomic E-state index is -3.28. The van der Waals surface area contributed by atoms with Crippen LogP contribution in [-0.4, -0.2) is 20.8 Å². The van der Waals surface area contributed by atoms with E-state index in [-0.39, 0.29) is 5.75 Å². The van der Waals surface area contributed by atoms with Gasteiger partial charge in [-0.15, -0.1) is 0 Å². The van der Waals surface area contributed by atoms with Crippen molar-refractivity contribution in [1.29, 1.82) is 0 Å². The van der Waals surface area contributed by atoms with E-state index in [9.17, 15) is 8.42 Å². The lowest BCUT2D eigenvalue weighted by Gasteiger charge is -2.06. The molecule has 0 rings (SSSR count). The van der Waals surface area contributed by atoms with E-state index in [4.69, 9.17) is 4.18 Å². The molecular weight excluding hydrogens is 296 g/mol. The average molecular weight is 335 g/mol. The van der Waals surface area contributed by atoms with E-state index in [0.717, 1.165) is 32.1 Å². The summed E-state index contributed by atoms with van der Waals surface area (Å²) in [4.78, 5) is 0. The van der Waals surface area contributed by atoms with Crippen LogP contribution in [0, 0.1) is 0 Å². The summed E-state index contributed by atoms with van der Waals surface area (Å²) >= 11 is 0. The van der Waals surface area contributed by atoms with Crippen molar-refractivity contribution in [2.75, 3.05) is 12.4 Å². The van der Waals surface area contributed by atoms with Gasteiger partial charge in [0.05, 0.1) is 12.4 Å². The van der Waals surface area contributed by atoms with E-state index in [1.165, 1.54) is 57.8 Å². The van der Waals surface area contributed by atoms with Gasteiger partial charge in [-0.3, -0.25) is 4.18 Å². The van der Waals surface area contributed by atoms with Crippen molar-refractivity contribution >= 4 is 10.1 Å². The first-order valence-corrected chi connectivity index (χ1v) is 11.1. The van der Waals surface area contributed by atoms with Crippen molar-refractivity contribution < 1.29 is 12.6 Å². The summed E-state index contributed by atoms with van der Waals surface area (Å²) < 4.78 is 28.5. The van der Waals surface area contributed by atoms with E-state index >= 15 is 0 Å². The molecule has 0 N–H and O–H groups in total. The Morgan fingerprint density at radius 2 is 1.00 bits per heavy atom. The maximum absolute atomic E-state index is 11.7. The highest BCUT2D eigenvalue weighted by atomic mass is 32.2. The lowest BCUT2D eigenvalue weighted by atomic mass is 10.1. The topological polar surface area (TPSA) is 43.4 Å². The van der Waals surface area contributed by atoms with Crippen molar-refractivity contribution in [3.05, 3.63) is 0 Å². The molecule has 0 spiro atoms. The first kappa shape index (κ1) is 21.9. The second kappa shape index (κ2) is 15.8. The summed E-state index contributed by atoms with van der Waals surface area (Å²) in [6.45, 7) is 4.77. The van der Waals surface area contributed by atoms with Crippen LogP contribution >= 0.6 is 0 Å². The van der Waals surface area contributed by atoms with Gasteiger partial charge in [-0.1, -0.05) is 90.9 Å². The molecule has 0 aliphatic heterocycles. The monoisotopic (exact) mass is 334 g/mol. The van der Waals surface area contributed by atoms with Gasteiger partial charge in [0.25, 0.3) is 10.1 Å².